The zero-order chi connectivity index (χ0) is 15.9. The van der Waals surface area contributed by atoms with E-state index in [1.165, 1.54) is 12.1 Å². The van der Waals surface area contributed by atoms with E-state index >= 15 is 0 Å². The zero-order valence-electron chi connectivity index (χ0n) is 12.1. The molecule has 0 heterocycles. The summed E-state index contributed by atoms with van der Waals surface area (Å²) in [6.07, 6.45) is -2.83. The van der Waals surface area contributed by atoms with Crippen molar-refractivity contribution < 1.29 is 18.0 Å². The van der Waals surface area contributed by atoms with Crippen molar-refractivity contribution in [2.75, 3.05) is 6.54 Å². The number of carbonyl (C=O) groups excluding carboxylic acids is 1. The Hall–Kier alpha value is -1.56. The van der Waals surface area contributed by atoms with Gasteiger partial charge in [-0.15, -0.1) is 0 Å². The summed E-state index contributed by atoms with van der Waals surface area (Å²) in [5.74, 6) is -0.305. The molecule has 0 spiro atoms. The molecule has 21 heavy (non-hydrogen) atoms. The summed E-state index contributed by atoms with van der Waals surface area (Å²) in [5.41, 5.74) is 4.27. The van der Waals surface area contributed by atoms with E-state index in [9.17, 15) is 18.0 Å². The van der Waals surface area contributed by atoms with Crippen molar-refractivity contribution in [2.24, 2.45) is 5.73 Å². The van der Waals surface area contributed by atoms with Crippen LogP contribution in [0.25, 0.3) is 0 Å². The number of benzene rings is 1. The summed E-state index contributed by atoms with van der Waals surface area (Å²) in [6.45, 7) is 3.49. The number of alkyl halides is 3. The number of nitrogens with one attached hydrogen (secondary N) is 1. The van der Waals surface area contributed by atoms with Crippen LogP contribution in [0.2, 0.25) is 0 Å². The maximum atomic E-state index is 12.8. The molecule has 6 heteroatoms. The van der Waals surface area contributed by atoms with Crippen LogP contribution in [0.4, 0.5) is 13.2 Å². The second-order valence-electron chi connectivity index (χ2n) is 6.26. The van der Waals surface area contributed by atoms with Gasteiger partial charge in [-0.05, 0) is 38.3 Å². The van der Waals surface area contributed by atoms with Gasteiger partial charge in [0.25, 0.3) is 0 Å². The van der Waals surface area contributed by atoms with Crippen LogP contribution in [0.1, 0.15) is 37.8 Å². The summed E-state index contributed by atoms with van der Waals surface area (Å²) in [4.78, 5) is 11.8. The lowest BCUT2D eigenvalue weighted by Gasteiger charge is -2.22. The molecule has 0 bridgehead atoms. The third-order valence-electron chi connectivity index (χ3n) is 3.83. The first-order valence-corrected chi connectivity index (χ1v) is 6.80. The molecule has 1 aliphatic carbocycles. The Morgan fingerprint density at radius 2 is 1.95 bits per heavy atom. The first-order valence-electron chi connectivity index (χ1n) is 6.80. The smallest absolute Gasteiger partial charge is 0.354 e. The lowest BCUT2D eigenvalue weighted by molar-refractivity contribution is -0.137. The maximum absolute atomic E-state index is 12.8. The van der Waals surface area contributed by atoms with E-state index < -0.39 is 17.3 Å². The fourth-order valence-corrected chi connectivity index (χ4v) is 2.22. The molecule has 1 fully saturated rings. The van der Waals surface area contributed by atoms with Crippen molar-refractivity contribution in [3.8, 4) is 0 Å². The van der Waals surface area contributed by atoms with Gasteiger partial charge in [-0.3, -0.25) is 4.79 Å². The van der Waals surface area contributed by atoms with Gasteiger partial charge in [-0.25, -0.2) is 0 Å². The van der Waals surface area contributed by atoms with Crippen LogP contribution >= 0.6 is 0 Å². The molecule has 1 saturated carbocycles. The lowest BCUT2D eigenvalue weighted by Crippen LogP contribution is -2.50. The minimum atomic E-state index is -4.35. The maximum Gasteiger partial charge on any atom is 0.416 e. The third-order valence-corrected chi connectivity index (χ3v) is 3.83. The van der Waals surface area contributed by atoms with Gasteiger partial charge >= 0.3 is 6.18 Å². The first-order chi connectivity index (χ1) is 9.55. The monoisotopic (exact) mass is 300 g/mol. The molecule has 2 rings (SSSR count). The molecule has 1 aromatic rings. The van der Waals surface area contributed by atoms with Gasteiger partial charge in [0.2, 0.25) is 5.91 Å². The predicted octanol–water partition coefficient (Wildman–Crippen LogP) is 2.59. The number of carbonyl (C=O) groups is 1. The molecule has 1 amide bonds. The molecule has 0 aliphatic heterocycles. The number of halogens is 3. The molecule has 0 saturated heterocycles. The van der Waals surface area contributed by atoms with Crippen LogP contribution in [0.5, 0.6) is 0 Å². The summed E-state index contributed by atoms with van der Waals surface area (Å²) < 4.78 is 38.3. The number of rotatable bonds is 4. The van der Waals surface area contributed by atoms with Crippen molar-refractivity contribution >= 4 is 5.91 Å². The van der Waals surface area contributed by atoms with E-state index in [1.54, 1.807) is 19.9 Å². The van der Waals surface area contributed by atoms with Crippen LogP contribution in [0.3, 0.4) is 0 Å². The molecule has 3 nitrogen and oxygen atoms in total. The predicted molar refractivity (Wildman–Crippen MR) is 73.6 cm³/mol. The molecule has 0 radical (unpaired) electrons. The van der Waals surface area contributed by atoms with Crippen molar-refractivity contribution in [2.45, 2.75) is 43.8 Å². The highest BCUT2D eigenvalue weighted by atomic mass is 19.4. The Labute approximate surface area is 121 Å². The summed E-state index contributed by atoms with van der Waals surface area (Å²) >= 11 is 0. The molecular weight excluding hydrogens is 281 g/mol. The normalized spacial score (nSPS) is 17.4. The highest BCUT2D eigenvalue weighted by molar-refractivity contribution is 5.85. The SMILES string of the molecule is CC(C)(N)C(=O)NCC1(c2cccc(C(F)(F)F)c2)CC1. The van der Waals surface area contributed by atoms with Crippen molar-refractivity contribution in [1.29, 1.82) is 0 Å². The number of hydrogen-bond donors (Lipinski definition) is 2. The molecular formula is C15H19F3N2O. The van der Waals surface area contributed by atoms with Gasteiger partial charge in [0.15, 0.2) is 0 Å². The van der Waals surface area contributed by atoms with E-state index in [2.05, 4.69) is 5.32 Å². The first kappa shape index (κ1) is 15.8. The molecule has 1 aromatic carbocycles. The Morgan fingerprint density at radius 1 is 1.33 bits per heavy atom. The topological polar surface area (TPSA) is 55.1 Å². The van der Waals surface area contributed by atoms with Gasteiger partial charge in [0, 0.05) is 12.0 Å². The lowest BCUT2D eigenvalue weighted by atomic mass is 9.93. The Kier molecular flexibility index (Phi) is 3.78. The molecule has 0 unspecified atom stereocenters. The van der Waals surface area contributed by atoms with Crippen LogP contribution in [-0.4, -0.2) is 18.0 Å². The number of nitrogens with two attached hydrogens (primary N) is 1. The number of hydrogen-bond acceptors (Lipinski definition) is 2. The van der Waals surface area contributed by atoms with Crippen molar-refractivity contribution in [3.63, 3.8) is 0 Å². The van der Waals surface area contributed by atoms with Crippen LogP contribution < -0.4 is 11.1 Å². The zero-order valence-corrected chi connectivity index (χ0v) is 12.1. The fraction of sp³-hybridized carbons (Fsp3) is 0.533. The van der Waals surface area contributed by atoms with E-state index in [1.807, 2.05) is 0 Å². The minimum Gasteiger partial charge on any atom is -0.354 e. The highest BCUT2D eigenvalue weighted by Crippen LogP contribution is 2.48. The Bertz CT molecular complexity index is 543. The standard InChI is InChI=1S/C15H19F3N2O/c1-13(2,19)12(21)20-9-14(6-7-14)10-4-3-5-11(8-10)15(16,17)18/h3-5,8H,6-7,9,19H2,1-2H3,(H,20,21). The summed E-state index contributed by atoms with van der Waals surface area (Å²) in [5, 5.41) is 2.74. The molecule has 116 valence electrons. The molecule has 0 aromatic heterocycles. The average Bonchev–Trinajstić information content (AvgIpc) is 3.15. The molecule has 0 atom stereocenters. The quantitative estimate of drug-likeness (QED) is 0.898. The summed E-state index contributed by atoms with van der Waals surface area (Å²) in [6, 6.07) is 5.32. The van der Waals surface area contributed by atoms with E-state index in [0.29, 0.717) is 12.1 Å². The highest BCUT2D eigenvalue weighted by Gasteiger charge is 2.45. The van der Waals surface area contributed by atoms with Gasteiger partial charge in [-0.2, -0.15) is 13.2 Å². The average molecular weight is 300 g/mol. The second kappa shape index (κ2) is 5.02. The van der Waals surface area contributed by atoms with Crippen molar-refractivity contribution in [1.82, 2.24) is 5.32 Å². The number of amides is 1. The van der Waals surface area contributed by atoms with E-state index in [4.69, 9.17) is 5.73 Å². The van der Waals surface area contributed by atoms with Gasteiger partial charge in [-0.1, -0.05) is 18.2 Å². The van der Waals surface area contributed by atoms with Gasteiger partial charge in [0.1, 0.15) is 0 Å². The summed E-state index contributed by atoms with van der Waals surface area (Å²) in [7, 11) is 0. The third kappa shape index (κ3) is 3.56. The van der Waals surface area contributed by atoms with Gasteiger partial charge in [0.05, 0.1) is 11.1 Å². The van der Waals surface area contributed by atoms with E-state index in [0.717, 1.165) is 18.9 Å². The largest absolute Gasteiger partial charge is 0.416 e. The van der Waals surface area contributed by atoms with Crippen LogP contribution in [0.15, 0.2) is 24.3 Å². The Balaban J connectivity index is 2.13. The van der Waals surface area contributed by atoms with E-state index in [-0.39, 0.29) is 11.3 Å². The molecule has 3 N–H and O–H groups in total. The van der Waals surface area contributed by atoms with Crippen LogP contribution in [-0.2, 0) is 16.4 Å². The second-order valence-corrected chi connectivity index (χ2v) is 6.26. The van der Waals surface area contributed by atoms with Crippen LogP contribution in [0, 0.1) is 0 Å². The van der Waals surface area contributed by atoms with Crippen molar-refractivity contribution in [3.05, 3.63) is 35.4 Å². The molecule has 1 aliphatic rings. The fourth-order valence-electron chi connectivity index (χ4n) is 2.22. The Morgan fingerprint density at radius 3 is 2.43 bits per heavy atom. The minimum absolute atomic E-state index is 0.305. The van der Waals surface area contributed by atoms with Gasteiger partial charge < -0.3 is 11.1 Å².